The minimum Gasteiger partial charge on any atom is -0.331 e. The van der Waals surface area contributed by atoms with Crippen LogP contribution in [0.3, 0.4) is 0 Å². The van der Waals surface area contributed by atoms with Crippen LogP contribution in [0, 0.1) is 5.82 Å². The van der Waals surface area contributed by atoms with E-state index in [0.717, 1.165) is 19.3 Å². The lowest BCUT2D eigenvalue weighted by Gasteiger charge is -2.26. The Kier molecular flexibility index (Phi) is 3.86. The Morgan fingerprint density at radius 3 is 2.67 bits per heavy atom. The van der Waals surface area contributed by atoms with Crippen molar-refractivity contribution in [1.82, 2.24) is 5.32 Å². The molecule has 21 heavy (non-hydrogen) atoms. The summed E-state index contributed by atoms with van der Waals surface area (Å²) in [6, 6.07) is 13.7. The molecule has 0 unspecified atom stereocenters. The first kappa shape index (κ1) is 13.6. The predicted molar refractivity (Wildman–Crippen MR) is 80.7 cm³/mol. The molecule has 0 radical (unpaired) electrons. The molecular weight excluding hydrogens is 267 g/mol. The molecule has 0 aromatic heterocycles. The number of carbonyl (C=O) groups excluding carboxylic acids is 1. The first-order valence-corrected chi connectivity index (χ1v) is 7.13. The van der Waals surface area contributed by atoms with Gasteiger partial charge in [0.25, 0.3) is 0 Å². The van der Waals surface area contributed by atoms with Crippen molar-refractivity contribution >= 4 is 11.7 Å². The quantitative estimate of drug-likeness (QED) is 0.859. The van der Waals surface area contributed by atoms with E-state index in [1.165, 1.54) is 23.3 Å². The monoisotopic (exact) mass is 284 g/mol. The molecule has 1 atom stereocenters. The molecule has 108 valence electrons. The summed E-state index contributed by atoms with van der Waals surface area (Å²) >= 11 is 0. The number of hydrogen-bond donors (Lipinski definition) is 2. The fourth-order valence-electron chi connectivity index (χ4n) is 2.76. The Morgan fingerprint density at radius 1 is 1.10 bits per heavy atom. The lowest BCUT2D eigenvalue weighted by atomic mass is 9.88. The standard InChI is InChI=1S/C17H17FN2O/c18-13-8-10-14(11-9-13)19-17(21)20-16-7-3-5-12-4-1-2-6-15(12)16/h1-2,4,6,8-11,16H,3,5,7H2,(H2,19,20,21)/t16-/m0/s1. The van der Waals surface area contributed by atoms with Crippen molar-refractivity contribution < 1.29 is 9.18 Å². The topological polar surface area (TPSA) is 41.1 Å². The van der Waals surface area contributed by atoms with E-state index in [4.69, 9.17) is 0 Å². The Labute approximate surface area is 123 Å². The van der Waals surface area contributed by atoms with Crippen LogP contribution in [0.1, 0.15) is 30.0 Å². The Bertz CT molecular complexity index is 639. The molecule has 0 bridgehead atoms. The van der Waals surface area contributed by atoms with Crippen molar-refractivity contribution in [1.29, 1.82) is 0 Å². The van der Waals surface area contributed by atoms with E-state index >= 15 is 0 Å². The summed E-state index contributed by atoms with van der Waals surface area (Å²) < 4.78 is 12.8. The van der Waals surface area contributed by atoms with Crippen LogP contribution in [-0.2, 0) is 6.42 Å². The lowest BCUT2D eigenvalue weighted by molar-refractivity contribution is 0.247. The first-order valence-electron chi connectivity index (χ1n) is 7.13. The number of nitrogens with one attached hydrogen (secondary N) is 2. The van der Waals surface area contributed by atoms with Gasteiger partial charge in [-0.05, 0) is 54.7 Å². The highest BCUT2D eigenvalue weighted by atomic mass is 19.1. The summed E-state index contributed by atoms with van der Waals surface area (Å²) in [7, 11) is 0. The maximum atomic E-state index is 12.8. The van der Waals surface area contributed by atoms with Gasteiger partial charge in [-0.3, -0.25) is 0 Å². The van der Waals surface area contributed by atoms with Crippen LogP contribution in [0.2, 0.25) is 0 Å². The van der Waals surface area contributed by atoms with Gasteiger partial charge in [0.15, 0.2) is 0 Å². The minimum absolute atomic E-state index is 0.0374. The summed E-state index contributed by atoms with van der Waals surface area (Å²) in [6.07, 6.45) is 3.07. The lowest BCUT2D eigenvalue weighted by Crippen LogP contribution is -2.34. The van der Waals surface area contributed by atoms with Gasteiger partial charge in [0.2, 0.25) is 0 Å². The maximum absolute atomic E-state index is 12.8. The van der Waals surface area contributed by atoms with Gasteiger partial charge in [-0.15, -0.1) is 0 Å². The molecule has 4 heteroatoms. The minimum atomic E-state index is -0.317. The molecule has 2 aromatic rings. The molecule has 1 aliphatic carbocycles. The van der Waals surface area contributed by atoms with Crippen LogP contribution >= 0.6 is 0 Å². The highest BCUT2D eigenvalue weighted by Crippen LogP contribution is 2.29. The molecule has 0 fully saturated rings. The Balaban J connectivity index is 1.67. The van der Waals surface area contributed by atoms with Crippen LogP contribution in [-0.4, -0.2) is 6.03 Å². The average Bonchev–Trinajstić information content (AvgIpc) is 2.50. The van der Waals surface area contributed by atoms with E-state index in [0.29, 0.717) is 5.69 Å². The van der Waals surface area contributed by atoms with Crippen LogP contribution < -0.4 is 10.6 Å². The average molecular weight is 284 g/mol. The van der Waals surface area contributed by atoms with Crippen molar-refractivity contribution in [2.24, 2.45) is 0 Å². The van der Waals surface area contributed by atoms with Gasteiger partial charge in [-0.25, -0.2) is 9.18 Å². The predicted octanol–water partition coefficient (Wildman–Crippen LogP) is 4.02. The Hall–Kier alpha value is -2.36. The molecule has 1 aliphatic rings. The number of halogens is 1. The number of carbonyl (C=O) groups is 1. The molecule has 0 saturated carbocycles. The summed E-state index contributed by atoms with van der Waals surface area (Å²) in [5, 5.41) is 5.72. The van der Waals surface area contributed by atoms with Crippen LogP contribution in [0.5, 0.6) is 0 Å². The van der Waals surface area contributed by atoms with Gasteiger partial charge >= 0.3 is 6.03 Å². The van der Waals surface area contributed by atoms with Crippen LogP contribution in [0.25, 0.3) is 0 Å². The van der Waals surface area contributed by atoms with Gasteiger partial charge in [0, 0.05) is 5.69 Å². The summed E-state index contributed by atoms with van der Waals surface area (Å²) in [4.78, 5) is 12.1. The maximum Gasteiger partial charge on any atom is 0.319 e. The largest absolute Gasteiger partial charge is 0.331 e. The van der Waals surface area contributed by atoms with Gasteiger partial charge in [-0.1, -0.05) is 24.3 Å². The van der Waals surface area contributed by atoms with Gasteiger partial charge < -0.3 is 10.6 Å². The Morgan fingerprint density at radius 2 is 1.86 bits per heavy atom. The van der Waals surface area contributed by atoms with E-state index in [1.54, 1.807) is 12.1 Å². The third kappa shape index (κ3) is 3.21. The SMILES string of the molecule is O=C(Nc1ccc(F)cc1)N[C@H]1CCCc2ccccc21. The number of amides is 2. The molecule has 0 saturated heterocycles. The van der Waals surface area contributed by atoms with Crippen molar-refractivity contribution in [2.75, 3.05) is 5.32 Å². The van der Waals surface area contributed by atoms with Gasteiger partial charge in [0.1, 0.15) is 5.82 Å². The first-order chi connectivity index (χ1) is 10.2. The van der Waals surface area contributed by atoms with Crippen molar-refractivity contribution in [3.63, 3.8) is 0 Å². The van der Waals surface area contributed by atoms with Crippen molar-refractivity contribution in [3.8, 4) is 0 Å². The van der Waals surface area contributed by atoms with E-state index in [-0.39, 0.29) is 17.9 Å². The number of urea groups is 1. The van der Waals surface area contributed by atoms with E-state index in [1.807, 2.05) is 12.1 Å². The molecule has 3 rings (SSSR count). The zero-order valence-electron chi connectivity index (χ0n) is 11.6. The molecule has 0 spiro atoms. The number of rotatable bonds is 2. The van der Waals surface area contributed by atoms with Crippen LogP contribution in [0.15, 0.2) is 48.5 Å². The second-order valence-electron chi connectivity index (χ2n) is 5.25. The molecule has 0 heterocycles. The number of hydrogen-bond acceptors (Lipinski definition) is 1. The number of aryl methyl sites for hydroxylation is 1. The van der Waals surface area contributed by atoms with Crippen LogP contribution in [0.4, 0.5) is 14.9 Å². The highest BCUT2D eigenvalue weighted by Gasteiger charge is 2.21. The highest BCUT2D eigenvalue weighted by molar-refractivity contribution is 5.89. The summed E-state index contributed by atoms with van der Waals surface area (Å²) in [5.41, 5.74) is 3.08. The summed E-state index contributed by atoms with van der Waals surface area (Å²) in [5.74, 6) is -0.317. The second kappa shape index (κ2) is 5.95. The van der Waals surface area contributed by atoms with E-state index in [9.17, 15) is 9.18 Å². The zero-order chi connectivity index (χ0) is 14.7. The number of anilines is 1. The van der Waals surface area contributed by atoms with Crippen molar-refractivity contribution in [2.45, 2.75) is 25.3 Å². The smallest absolute Gasteiger partial charge is 0.319 e. The van der Waals surface area contributed by atoms with E-state index < -0.39 is 0 Å². The zero-order valence-corrected chi connectivity index (χ0v) is 11.6. The number of fused-ring (bicyclic) bond motifs is 1. The molecule has 3 nitrogen and oxygen atoms in total. The second-order valence-corrected chi connectivity index (χ2v) is 5.25. The third-order valence-corrected chi connectivity index (χ3v) is 3.78. The molecular formula is C17H17FN2O. The molecule has 0 aliphatic heterocycles. The molecule has 2 amide bonds. The van der Waals surface area contributed by atoms with E-state index in [2.05, 4.69) is 22.8 Å². The number of benzene rings is 2. The molecule has 2 N–H and O–H groups in total. The van der Waals surface area contributed by atoms with Gasteiger partial charge in [-0.2, -0.15) is 0 Å². The van der Waals surface area contributed by atoms with Crippen molar-refractivity contribution in [3.05, 3.63) is 65.5 Å². The molecule has 2 aromatic carbocycles. The normalized spacial score (nSPS) is 16.9. The van der Waals surface area contributed by atoms with Gasteiger partial charge in [0.05, 0.1) is 6.04 Å². The fourth-order valence-corrected chi connectivity index (χ4v) is 2.76. The third-order valence-electron chi connectivity index (χ3n) is 3.78. The summed E-state index contributed by atoms with van der Waals surface area (Å²) in [6.45, 7) is 0. The fraction of sp³-hybridized carbons (Fsp3) is 0.235.